The zero-order valence-corrected chi connectivity index (χ0v) is 9.74. The number of nitro benzene ring substituents is 1. The third kappa shape index (κ3) is 1.46. The van der Waals surface area contributed by atoms with Crippen LogP contribution in [0.1, 0.15) is 13.0 Å². The fourth-order valence-electron chi connectivity index (χ4n) is 2.17. The Labute approximate surface area is 103 Å². The molecule has 1 aliphatic heterocycles. The van der Waals surface area contributed by atoms with Crippen LogP contribution in [0.15, 0.2) is 30.7 Å². The maximum atomic E-state index is 11.0. The van der Waals surface area contributed by atoms with E-state index in [0.717, 1.165) is 5.69 Å². The van der Waals surface area contributed by atoms with Crippen LogP contribution in [-0.2, 0) is 0 Å². The van der Waals surface area contributed by atoms with Crippen LogP contribution < -0.4 is 4.74 Å². The number of para-hydroxylation sites is 1. The molecule has 92 valence electrons. The number of aromatic nitrogens is 2. The lowest BCUT2D eigenvalue weighted by molar-refractivity contribution is -0.385. The molecule has 0 N–H and O–H groups in total. The summed E-state index contributed by atoms with van der Waals surface area (Å²) in [6.45, 7) is 2.38. The summed E-state index contributed by atoms with van der Waals surface area (Å²) < 4.78 is 7.57. The second-order valence-corrected chi connectivity index (χ2v) is 4.26. The van der Waals surface area contributed by atoms with Crippen molar-refractivity contribution in [2.45, 2.75) is 13.0 Å². The lowest BCUT2D eigenvalue weighted by Gasteiger charge is -2.11. The molecule has 0 saturated carbocycles. The Morgan fingerprint density at radius 3 is 3.17 bits per heavy atom. The number of ether oxygens (including phenoxy) is 1. The normalized spacial score (nSPS) is 17.3. The molecule has 6 heteroatoms. The van der Waals surface area contributed by atoms with Gasteiger partial charge in [-0.2, -0.15) is 0 Å². The number of nitro groups is 1. The summed E-state index contributed by atoms with van der Waals surface area (Å²) in [5.74, 6) is 0.327. The van der Waals surface area contributed by atoms with E-state index in [2.05, 4.69) is 4.98 Å². The second kappa shape index (κ2) is 3.83. The number of hydrogen-bond acceptors (Lipinski definition) is 4. The van der Waals surface area contributed by atoms with Gasteiger partial charge in [-0.15, -0.1) is 0 Å². The van der Waals surface area contributed by atoms with Crippen molar-refractivity contribution in [2.75, 3.05) is 6.61 Å². The SMILES string of the molecule is C[C@H]1COc2c(cccc2[N+](=O)[O-])-c2cncn21. The molecule has 1 aromatic carbocycles. The first kappa shape index (κ1) is 10.8. The van der Waals surface area contributed by atoms with Gasteiger partial charge in [-0.1, -0.05) is 6.07 Å². The highest BCUT2D eigenvalue weighted by molar-refractivity contribution is 5.73. The minimum Gasteiger partial charge on any atom is -0.484 e. The van der Waals surface area contributed by atoms with E-state index in [-0.39, 0.29) is 11.7 Å². The molecular formula is C12H11N3O3. The van der Waals surface area contributed by atoms with E-state index < -0.39 is 4.92 Å². The smallest absolute Gasteiger partial charge is 0.311 e. The summed E-state index contributed by atoms with van der Waals surface area (Å²) in [5.41, 5.74) is 1.55. The van der Waals surface area contributed by atoms with Gasteiger partial charge in [0.05, 0.1) is 29.2 Å². The average molecular weight is 245 g/mol. The van der Waals surface area contributed by atoms with Crippen molar-refractivity contribution in [3.05, 3.63) is 40.8 Å². The van der Waals surface area contributed by atoms with Gasteiger partial charge < -0.3 is 9.30 Å². The van der Waals surface area contributed by atoms with Crippen molar-refractivity contribution in [3.63, 3.8) is 0 Å². The maximum absolute atomic E-state index is 11.0. The molecule has 0 aliphatic carbocycles. The molecule has 2 aromatic rings. The first-order valence-electron chi connectivity index (χ1n) is 5.61. The number of hydrogen-bond donors (Lipinski definition) is 0. The molecule has 18 heavy (non-hydrogen) atoms. The van der Waals surface area contributed by atoms with Gasteiger partial charge in [0.1, 0.15) is 6.61 Å². The van der Waals surface area contributed by atoms with Crippen LogP contribution in [0.25, 0.3) is 11.3 Å². The molecule has 6 nitrogen and oxygen atoms in total. The molecule has 3 rings (SSSR count). The highest BCUT2D eigenvalue weighted by Gasteiger charge is 2.26. The third-order valence-electron chi connectivity index (χ3n) is 3.08. The fraction of sp³-hybridized carbons (Fsp3) is 0.250. The van der Waals surface area contributed by atoms with Crippen molar-refractivity contribution in [3.8, 4) is 17.0 Å². The molecule has 0 fully saturated rings. The number of benzene rings is 1. The number of nitrogens with zero attached hydrogens (tertiary/aromatic N) is 3. The lowest BCUT2D eigenvalue weighted by Crippen LogP contribution is -2.11. The highest BCUT2D eigenvalue weighted by Crippen LogP contribution is 2.40. The van der Waals surface area contributed by atoms with Gasteiger partial charge in [0, 0.05) is 11.6 Å². The first-order chi connectivity index (χ1) is 8.68. The van der Waals surface area contributed by atoms with Crippen LogP contribution in [0.3, 0.4) is 0 Å². The molecule has 1 atom stereocenters. The Balaban J connectivity index is 2.27. The van der Waals surface area contributed by atoms with Crippen molar-refractivity contribution in [1.29, 1.82) is 0 Å². The Morgan fingerprint density at radius 2 is 2.39 bits per heavy atom. The maximum Gasteiger partial charge on any atom is 0.311 e. The van der Waals surface area contributed by atoms with Crippen molar-refractivity contribution in [2.24, 2.45) is 0 Å². The fourth-order valence-corrected chi connectivity index (χ4v) is 2.17. The summed E-state index contributed by atoms with van der Waals surface area (Å²) in [4.78, 5) is 14.7. The molecule has 0 spiro atoms. The summed E-state index contributed by atoms with van der Waals surface area (Å²) in [7, 11) is 0. The van der Waals surface area contributed by atoms with Crippen LogP contribution in [-0.4, -0.2) is 21.1 Å². The largest absolute Gasteiger partial charge is 0.484 e. The van der Waals surface area contributed by atoms with Gasteiger partial charge in [0.15, 0.2) is 0 Å². The quantitative estimate of drug-likeness (QED) is 0.571. The van der Waals surface area contributed by atoms with Crippen LogP contribution in [0, 0.1) is 10.1 Å². The molecule has 2 heterocycles. The van der Waals surface area contributed by atoms with Crippen LogP contribution >= 0.6 is 0 Å². The summed E-state index contributed by atoms with van der Waals surface area (Å²) in [5, 5.41) is 11.0. The van der Waals surface area contributed by atoms with Gasteiger partial charge >= 0.3 is 5.69 Å². The topological polar surface area (TPSA) is 70.2 Å². The van der Waals surface area contributed by atoms with E-state index >= 15 is 0 Å². The van der Waals surface area contributed by atoms with E-state index in [0.29, 0.717) is 17.9 Å². The van der Waals surface area contributed by atoms with Gasteiger partial charge in [-0.05, 0) is 13.0 Å². The van der Waals surface area contributed by atoms with E-state index in [1.165, 1.54) is 6.07 Å². The zero-order valence-electron chi connectivity index (χ0n) is 9.74. The number of rotatable bonds is 1. The summed E-state index contributed by atoms with van der Waals surface area (Å²) >= 11 is 0. The van der Waals surface area contributed by atoms with Crippen LogP contribution in [0.5, 0.6) is 5.75 Å². The summed E-state index contributed by atoms with van der Waals surface area (Å²) in [6.07, 6.45) is 3.42. The molecule has 1 aromatic heterocycles. The van der Waals surface area contributed by atoms with E-state index in [4.69, 9.17) is 4.74 Å². The van der Waals surface area contributed by atoms with Crippen molar-refractivity contribution < 1.29 is 9.66 Å². The Kier molecular flexibility index (Phi) is 2.29. The highest BCUT2D eigenvalue weighted by atomic mass is 16.6. The average Bonchev–Trinajstić information content (AvgIpc) is 2.79. The second-order valence-electron chi connectivity index (χ2n) is 4.26. The third-order valence-corrected chi connectivity index (χ3v) is 3.08. The molecule has 0 unspecified atom stereocenters. The summed E-state index contributed by atoms with van der Waals surface area (Å²) in [6, 6.07) is 5.02. The van der Waals surface area contributed by atoms with Crippen molar-refractivity contribution >= 4 is 5.69 Å². The van der Waals surface area contributed by atoms with E-state index in [1.54, 1.807) is 18.6 Å². The monoisotopic (exact) mass is 245 g/mol. The van der Waals surface area contributed by atoms with Gasteiger partial charge in [0.2, 0.25) is 5.75 Å². The molecule has 0 amide bonds. The van der Waals surface area contributed by atoms with Crippen molar-refractivity contribution in [1.82, 2.24) is 9.55 Å². The molecule has 0 bridgehead atoms. The zero-order chi connectivity index (χ0) is 12.7. The van der Waals surface area contributed by atoms with Gasteiger partial charge in [-0.3, -0.25) is 10.1 Å². The van der Waals surface area contributed by atoms with Crippen LogP contribution in [0.4, 0.5) is 5.69 Å². The lowest BCUT2D eigenvalue weighted by atomic mass is 10.1. The number of imidazole rings is 1. The van der Waals surface area contributed by atoms with Gasteiger partial charge in [0.25, 0.3) is 0 Å². The predicted molar refractivity (Wildman–Crippen MR) is 64.5 cm³/mol. The van der Waals surface area contributed by atoms with E-state index in [1.807, 2.05) is 17.6 Å². The molecule has 0 radical (unpaired) electrons. The Hall–Kier alpha value is -2.37. The predicted octanol–water partition coefficient (Wildman–Crippen LogP) is 2.41. The standard InChI is InChI=1S/C12H11N3O3/c1-8-6-18-12-9(11-5-13-7-14(8)11)3-2-4-10(12)15(16)17/h2-5,7-8H,6H2,1H3/t8-/m0/s1. The Bertz CT molecular complexity index is 621. The molecular weight excluding hydrogens is 234 g/mol. The minimum absolute atomic E-state index is 0.00523. The first-order valence-corrected chi connectivity index (χ1v) is 5.61. The molecule has 0 saturated heterocycles. The Morgan fingerprint density at radius 1 is 1.56 bits per heavy atom. The van der Waals surface area contributed by atoms with Gasteiger partial charge in [-0.25, -0.2) is 4.98 Å². The number of fused-ring (bicyclic) bond motifs is 3. The van der Waals surface area contributed by atoms with E-state index in [9.17, 15) is 10.1 Å². The minimum atomic E-state index is -0.421. The van der Waals surface area contributed by atoms with Crippen LogP contribution in [0.2, 0.25) is 0 Å². The molecule has 1 aliphatic rings.